The van der Waals surface area contributed by atoms with Crippen molar-refractivity contribution in [3.8, 4) is 0 Å². The van der Waals surface area contributed by atoms with Gasteiger partial charge in [-0.15, -0.1) is 0 Å². The normalized spacial score (nSPS) is 14.4. The summed E-state index contributed by atoms with van der Waals surface area (Å²) in [6.45, 7) is 4.37. The third kappa shape index (κ3) is 4.92. The number of pyridine rings is 1. The molecule has 0 unspecified atom stereocenters. The van der Waals surface area contributed by atoms with E-state index in [9.17, 15) is 14.4 Å². The topological polar surface area (TPSA) is 94.6 Å². The van der Waals surface area contributed by atoms with Gasteiger partial charge in [0, 0.05) is 56.9 Å². The van der Waals surface area contributed by atoms with Crippen LogP contribution in [0.4, 0.5) is 11.4 Å². The molecule has 0 aliphatic carbocycles. The van der Waals surface area contributed by atoms with Gasteiger partial charge in [0.25, 0.3) is 11.8 Å². The van der Waals surface area contributed by atoms with Crippen LogP contribution >= 0.6 is 0 Å². The predicted molar refractivity (Wildman–Crippen MR) is 106 cm³/mol. The van der Waals surface area contributed by atoms with Crippen LogP contribution in [0.15, 0.2) is 42.7 Å². The molecule has 3 amide bonds. The van der Waals surface area contributed by atoms with E-state index >= 15 is 0 Å². The summed E-state index contributed by atoms with van der Waals surface area (Å²) in [4.78, 5) is 44.4. The van der Waals surface area contributed by atoms with E-state index in [4.69, 9.17) is 0 Å². The van der Waals surface area contributed by atoms with Crippen LogP contribution < -0.4 is 10.6 Å². The fourth-order valence-corrected chi connectivity index (χ4v) is 2.95. The highest BCUT2D eigenvalue weighted by molar-refractivity contribution is 6.06. The van der Waals surface area contributed by atoms with Gasteiger partial charge in [-0.25, -0.2) is 0 Å². The minimum atomic E-state index is -0.375. The van der Waals surface area contributed by atoms with E-state index in [2.05, 4.69) is 20.5 Å². The minimum absolute atomic E-state index is 0.122. The van der Waals surface area contributed by atoms with Crippen molar-refractivity contribution in [3.05, 3.63) is 53.9 Å². The first-order chi connectivity index (χ1) is 13.4. The number of benzene rings is 1. The summed E-state index contributed by atoms with van der Waals surface area (Å²) in [6, 6.07) is 8.39. The van der Waals surface area contributed by atoms with Gasteiger partial charge in [0.15, 0.2) is 0 Å². The van der Waals surface area contributed by atoms with Crippen LogP contribution in [0.1, 0.15) is 27.6 Å². The van der Waals surface area contributed by atoms with E-state index < -0.39 is 0 Å². The second kappa shape index (κ2) is 8.62. The van der Waals surface area contributed by atoms with Crippen LogP contribution in [0.25, 0.3) is 0 Å². The van der Waals surface area contributed by atoms with Gasteiger partial charge >= 0.3 is 0 Å². The van der Waals surface area contributed by atoms with Crippen molar-refractivity contribution in [1.29, 1.82) is 0 Å². The number of likely N-dealkylation sites (N-methyl/N-ethyl adjacent to an activating group) is 1. The van der Waals surface area contributed by atoms with Gasteiger partial charge in [0.1, 0.15) is 0 Å². The van der Waals surface area contributed by atoms with Crippen LogP contribution in [-0.4, -0.2) is 65.7 Å². The monoisotopic (exact) mass is 381 g/mol. The molecule has 0 atom stereocenters. The van der Waals surface area contributed by atoms with Crippen molar-refractivity contribution in [2.45, 2.75) is 6.92 Å². The van der Waals surface area contributed by atoms with Crippen molar-refractivity contribution in [2.24, 2.45) is 0 Å². The van der Waals surface area contributed by atoms with E-state index in [1.165, 1.54) is 19.3 Å². The number of amides is 3. The average Bonchev–Trinajstić information content (AvgIpc) is 2.68. The molecule has 146 valence electrons. The van der Waals surface area contributed by atoms with E-state index in [1.807, 2.05) is 7.05 Å². The molecule has 3 rings (SSSR count). The third-order valence-electron chi connectivity index (χ3n) is 4.48. The molecule has 2 N–H and O–H groups in total. The molecule has 0 bridgehead atoms. The second-order valence-corrected chi connectivity index (χ2v) is 6.77. The lowest BCUT2D eigenvalue weighted by Gasteiger charge is -2.32. The number of aromatic nitrogens is 1. The molecule has 1 aliphatic heterocycles. The first-order valence-electron chi connectivity index (χ1n) is 9.04. The summed E-state index contributed by atoms with van der Waals surface area (Å²) in [5.41, 5.74) is 1.81. The molecule has 28 heavy (non-hydrogen) atoms. The van der Waals surface area contributed by atoms with E-state index in [0.29, 0.717) is 35.6 Å². The predicted octanol–water partition coefficient (Wildman–Crippen LogP) is 1.68. The average molecular weight is 381 g/mol. The van der Waals surface area contributed by atoms with E-state index in [1.54, 1.807) is 35.2 Å². The number of nitrogens with zero attached hydrogens (tertiary/aromatic N) is 3. The van der Waals surface area contributed by atoms with Crippen LogP contribution in [0.3, 0.4) is 0 Å². The number of hydrogen-bond acceptors (Lipinski definition) is 5. The van der Waals surface area contributed by atoms with Gasteiger partial charge in [0.05, 0.1) is 11.1 Å². The summed E-state index contributed by atoms with van der Waals surface area (Å²) < 4.78 is 0. The van der Waals surface area contributed by atoms with E-state index in [0.717, 1.165) is 13.1 Å². The van der Waals surface area contributed by atoms with Gasteiger partial charge < -0.3 is 20.4 Å². The Morgan fingerprint density at radius 2 is 1.57 bits per heavy atom. The highest BCUT2D eigenvalue weighted by Gasteiger charge is 2.21. The number of piperazine rings is 1. The molecule has 2 heterocycles. The largest absolute Gasteiger partial charge is 0.336 e. The Labute approximate surface area is 163 Å². The lowest BCUT2D eigenvalue weighted by Crippen LogP contribution is -2.47. The zero-order chi connectivity index (χ0) is 20.1. The molecule has 1 aromatic carbocycles. The molecule has 1 aliphatic rings. The SMILES string of the molecule is CC(=O)Nc1cccc(NC(=O)c2cncc(C(=O)N3CCN(C)CC3)c2)c1. The second-order valence-electron chi connectivity index (χ2n) is 6.77. The number of nitrogens with one attached hydrogen (secondary N) is 2. The molecule has 1 aromatic heterocycles. The molecule has 1 fully saturated rings. The third-order valence-corrected chi connectivity index (χ3v) is 4.48. The zero-order valence-corrected chi connectivity index (χ0v) is 15.9. The Balaban J connectivity index is 1.70. The molecule has 8 nitrogen and oxygen atoms in total. The van der Waals surface area contributed by atoms with Crippen LogP contribution in [0.5, 0.6) is 0 Å². The Kier molecular flexibility index (Phi) is 6.00. The molecule has 0 spiro atoms. The summed E-state index contributed by atoms with van der Waals surface area (Å²) in [5, 5.41) is 5.43. The highest BCUT2D eigenvalue weighted by Crippen LogP contribution is 2.17. The molecule has 1 saturated heterocycles. The van der Waals surface area contributed by atoms with Crippen molar-refractivity contribution in [3.63, 3.8) is 0 Å². The fourth-order valence-electron chi connectivity index (χ4n) is 2.95. The maximum atomic E-state index is 12.7. The smallest absolute Gasteiger partial charge is 0.257 e. The summed E-state index contributed by atoms with van der Waals surface area (Å²) in [6.07, 6.45) is 2.91. The Morgan fingerprint density at radius 1 is 0.929 bits per heavy atom. The quantitative estimate of drug-likeness (QED) is 0.840. The van der Waals surface area contributed by atoms with Crippen molar-refractivity contribution in [1.82, 2.24) is 14.8 Å². The molecule has 2 aromatic rings. The number of hydrogen-bond donors (Lipinski definition) is 2. The van der Waals surface area contributed by atoms with Gasteiger partial charge in [-0.1, -0.05) is 6.07 Å². The minimum Gasteiger partial charge on any atom is -0.336 e. The van der Waals surface area contributed by atoms with Gasteiger partial charge in [-0.3, -0.25) is 19.4 Å². The number of rotatable bonds is 4. The molecule has 0 saturated carbocycles. The van der Waals surface area contributed by atoms with Crippen molar-refractivity contribution >= 4 is 29.1 Å². The van der Waals surface area contributed by atoms with Crippen LogP contribution in [0.2, 0.25) is 0 Å². The molecular weight excluding hydrogens is 358 g/mol. The van der Waals surface area contributed by atoms with Crippen LogP contribution in [-0.2, 0) is 4.79 Å². The zero-order valence-electron chi connectivity index (χ0n) is 15.9. The van der Waals surface area contributed by atoms with Crippen molar-refractivity contribution in [2.75, 3.05) is 43.9 Å². The summed E-state index contributed by atoms with van der Waals surface area (Å²) in [5.74, 6) is -0.689. The Hall–Kier alpha value is -3.26. The molecule has 0 radical (unpaired) electrons. The maximum absolute atomic E-state index is 12.7. The number of carbonyl (C=O) groups excluding carboxylic acids is 3. The lowest BCUT2D eigenvalue weighted by molar-refractivity contribution is -0.114. The van der Waals surface area contributed by atoms with Crippen molar-refractivity contribution < 1.29 is 14.4 Å². The lowest BCUT2D eigenvalue weighted by atomic mass is 10.1. The molecule has 8 heteroatoms. The Morgan fingerprint density at radius 3 is 2.25 bits per heavy atom. The van der Waals surface area contributed by atoms with Gasteiger partial charge in [0.2, 0.25) is 5.91 Å². The molecular formula is C20H23N5O3. The summed E-state index contributed by atoms with van der Waals surface area (Å²) in [7, 11) is 2.02. The maximum Gasteiger partial charge on any atom is 0.257 e. The fraction of sp³-hybridized carbons (Fsp3) is 0.300. The van der Waals surface area contributed by atoms with Gasteiger partial charge in [-0.05, 0) is 31.3 Å². The highest BCUT2D eigenvalue weighted by atomic mass is 16.2. The van der Waals surface area contributed by atoms with Crippen LogP contribution in [0, 0.1) is 0 Å². The number of anilines is 2. The first kappa shape index (κ1) is 19.5. The van der Waals surface area contributed by atoms with E-state index in [-0.39, 0.29) is 17.7 Å². The Bertz CT molecular complexity index is 891. The number of carbonyl (C=O) groups is 3. The first-order valence-corrected chi connectivity index (χ1v) is 9.04. The standard InChI is InChI=1S/C20H23N5O3/c1-14(26)22-17-4-3-5-18(11-17)23-19(27)15-10-16(13-21-12-15)20(28)25-8-6-24(2)7-9-25/h3-5,10-13H,6-9H2,1-2H3,(H,22,26)(H,23,27). The van der Waals surface area contributed by atoms with Gasteiger partial charge in [-0.2, -0.15) is 0 Å². The summed E-state index contributed by atoms with van der Waals surface area (Å²) >= 11 is 0.